The van der Waals surface area contributed by atoms with E-state index in [-0.39, 0.29) is 0 Å². The standard InChI is InChI=1S/C17H17N3O2/c1-10-6-12-4-3-5-13(14(12)7-11(10)2)9-18-15-8-16(21)20-17(22)19-15/h3-8H,9H2,1-2H3,(H3,18,19,20,21,22). The molecule has 0 atom stereocenters. The van der Waals surface area contributed by atoms with Crippen LogP contribution in [0.25, 0.3) is 10.8 Å². The first kappa shape index (κ1) is 14.1. The summed E-state index contributed by atoms with van der Waals surface area (Å²) in [4.78, 5) is 27.3. The summed E-state index contributed by atoms with van der Waals surface area (Å²) in [5.74, 6) is 0.412. The molecule has 0 bridgehead atoms. The summed E-state index contributed by atoms with van der Waals surface area (Å²) < 4.78 is 0. The number of benzene rings is 2. The molecule has 0 amide bonds. The number of aromatic amines is 2. The van der Waals surface area contributed by atoms with Gasteiger partial charge in [-0.05, 0) is 41.3 Å². The maximum absolute atomic E-state index is 11.3. The predicted octanol–water partition coefficient (Wildman–Crippen LogP) is 2.45. The first-order valence-electron chi connectivity index (χ1n) is 7.09. The van der Waals surface area contributed by atoms with Crippen molar-refractivity contribution in [2.24, 2.45) is 0 Å². The van der Waals surface area contributed by atoms with E-state index in [0.717, 1.165) is 5.56 Å². The highest BCUT2D eigenvalue weighted by molar-refractivity contribution is 5.87. The monoisotopic (exact) mass is 295 g/mol. The molecular weight excluding hydrogens is 278 g/mol. The van der Waals surface area contributed by atoms with Crippen LogP contribution in [0.5, 0.6) is 0 Å². The Hall–Kier alpha value is -2.82. The molecule has 0 aliphatic carbocycles. The maximum atomic E-state index is 11.3. The number of anilines is 1. The predicted molar refractivity (Wildman–Crippen MR) is 88.4 cm³/mol. The third-order valence-electron chi connectivity index (χ3n) is 3.81. The van der Waals surface area contributed by atoms with Gasteiger partial charge < -0.3 is 5.32 Å². The number of nitrogens with one attached hydrogen (secondary N) is 3. The summed E-state index contributed by atoms with van der Waals surface area (Å²) in [6.07, 6.45) is 0. The second-order valence-corrected chi connectivity index (χ2v) is 5.43. The molecule has 0 spiro atoms. The zero-order chi connectivity index (χ0) is 15.7. The fourth-order valence-corrected chi connectivity index (χ4v) is 2.52. The minimum atomic E-state index is -0.514. The molecule has 0 aliphatic heterocycles. The maximum Gasteiger partial charge on any atom is 0.327 e. The van der Waals surface area contributed by atoms with Crippen LogP contribution < -0.4 is 16.6 Å². The fraction of sp³-hybridized carbons (Fsp3) is 0.176. The smallest absolute Gasteiger partial charge is 0.327 e. The van der Waals surface area contributed by atoms with Gasteiger partial charge in [0.25, 0.3) is 5.56 Å². The molecular formula is C17H17N3O2. The lowest BCUT2D eigenvalue weighted by atomic mass is 9.99. The van der Waals surface area contributed by atoms with Crippen molar-refractivity contribution in [3.63, 3.8) is 0 Å². The number of rotatable bonds is 3. The van der Waals surface area contributed by atoms with E-state index >= 15 is 0 Å². The quantitative estimate of drug-likeness (QED) is 0.694. The second-order valence-electron chi connectivity index (χ2n) is 5.43. The lowest BCUT2D eigenvalue weighted by Crippen LogP contribution is -2.22. The van der Waals surface area contributed by atoms with Gasteiger partial charge in [0.05, 0.1) is 0 Å². The molecule has 112 valence electrons. The van der Waals surface area contributed by atoms with Crippen molar-refractivity contribution in [2.75, 3.05) is 5.32 Å². The lowest BCUT2D eigenvalue weighted by molar-refractivity contribution is 1.01. The van der Waals surface area contributed by atoms with Gasteiger partial charge >= 0.3 is 5.69 Å². The average Bonchev–Trinajstić information content (AvgIpc) is 2.45. The molecule has 0 radical (unpaired) electrons. The van der Waals surface area contributed by atoms with E-state index in [0.29, 0.717) is 12.4 Å². The van der Waals surface area contributed by atoms with Crippen molar-refractivity contribution in [2.45, 2.75) is 20.4 Å². The van der Waals surface area contributed by atoms with Gasteiger partial charge in [-0.15, -0.1) is 0 Å². The van der Waals surface area contributed by atoms with Gasteiger partial charge in [-0.25, -0.2) is 4.79 Å². The van der Waals surface area contributed by atoms with Crippen LogP contribution in [-0.4, -0.2) is 9.97 Å². The van der Waals surface area contributed by atoms with E-state index < -0.39 is 11.2 Å². The summed E-state index contributed by atoms with van der Waals surface area (Å²) in [6, 6.07) is 11.8. The van der Waals surface area contributed by atoms with Crippen LogP contribution >= 0.6 is 0 Å². The molecule has 0 aliphatic rings. The normalized spacial score (nSPS) is 10.8. The molecule has 22 heavy (non-hydrogen) atoms. The molecule has 3 N–H and O–H groups in total. The van der Waals surface area contributed by atoms with E-state index in [1.54, 1.807) is 0 Å². The zero-order valence-electron chi connectivity index (χ0n) is 12.5. The van der Waals surface area contributed by atoms with Crippen LogP contribution in [0, 0.1) is 13.8 Å². The van der Waals surface area contributed by atoms with Crippen molar-refractivity contribution in [1.82, 2.24) is 9.97 Å². The van der Waals surface area contributed by atoms with E-state index in [4.69, 9.17) is 0 Å². The lowest BCUT2D eigenvalue weighted by Gasteiger charge is -2.11. The van der Waals surface area contributed by atoms with Crippen LogP contribution in [0.3, 0.4) is 0 Å². The molecule has 5 heteroatoms. The van der Waals surface area contributed by atoms with Crippen molar-refractivity contribution >= 4 is 16.6 Å². The van der Waals surface area contributed by atoms with Crippen LogP contribution in [0.15, 0.2) is 46.0 Å². The molecule has 3 rings (SSSR count). The Kier molecular flexibility index (Phi) is 3.55. The molecule has 2 aromatic carbocycles. The van der Waals surface area contributed by atoms with Crippen molar-refractivity contribution in [3.8, 4) is 0 Å². The van der Waals surface area contributed by atoms with Crippen LogP contribution in [0.2, 0.25) is 0 Å². The van der Waals surface area contributed by atoms with Gasteiger partial charge in [-0.2, -0.15) is 0 Å². The molecule has 0 saturated carbocycles. The number of fused-ring (bicyclic) bond motifs is 1. The Morgan fingerprint density at radius 2 is 1.77 bits per heavy atom. The van der Waals surface area contributed by atoms with Crippen molar-refractivity contribution < 1.29 is 0 Å². The van der Waals surface area contributed by atoms with Gasteiger partial charge in [0.1, 0.15) is 5.82 Å². The van der Waals surface area contributed by atoms with E-state index in [9.17, 15) is 9.59 Å². The van der Waals surface area contributed by atoms with Gasteiger partial charge in [0.2, 0.25) is 0 Å². The highest BCUT2D eigenvalue weighted by Gasteiger charge is 2.04. The van der Waals surface area contributed by atoms with Crippen LogP contribution in [-0.2, 0) is 6.54 Å². The summed E-state index contributed by atoms with van der Waals surface area (Å²) in [7, 11) is 0. The van der Waals surface area contributed by atoms with Gasteiger partial charge in [-0.1, -0.05) is 30.3 Å². The van der Waals surface area contributed by atoms with Gasteiger partial charge in [0, 0.05) is 12.6 Å². The number of aryl methyl sites for hydroxylation is 2. The Balaban J connectivity index is 1.95. The summed E-state index contributed by atoms with van der Waals surface area (Å²) in [6.45, 7) is 4.72. The van der Waals surface area contributed by atoms with Crippen molar-refractivity contribution in [1.29, 1.82) is 0 Å². The minimum Gasteiger partial charge on any atom is -0.367 e. The molecule has 5 nitrogen and oxygen atoms in total. The van der Waals surface area contributed by atoms with Crippen molar-refractivity contribution in [3.05, 3.63) is 73.9 Å². The Labute approximate surface area is 127 Å². The van der Waals surface area contributed by atoms with Crippen LogP contribution in [0.4, 0.5) is 5.82 Å². The highest BCUT2D eigenvalue weighted by atomic mass is 16.2. The van der Waals surface area contributed by atoms with E-state index in [1.165, 1.54) is 28.0 Å². The third kappa shape index (κ3) is 2.79. The Bertz CT molecular complexity index is 926. The summed E-state index contributed by atoms with van der Waals surface area (Å²) >= 11 is 0. The largest absolute Gasteiger partial charge is 0.367 e. The first-order chi connectivity index (χ1) is 10.5. The number of H-pyrrole nitrogens is 2. The third-order valence-corrected chi connectivity index (χ3v) is 3.81. The van der Waals surface area contributed by atoms with E-state index in [2.05, 4.69) is 47.3 Å². The minimum absolute atomic E-state index is 0.412. The molecule has 0 fully saturated rings. The number of aromatic nitrogens is 2. The summed E-state index contributed by atoms with van der Waals surface area (Å²) in [5, 5.41) is 5.45. The number of hydrogen-bond acceptors (Lipinski definition) is 3. The molecule has 3 aromatic rings. The second kappa shape index (κ2) is 5.52. The number of hydrogen-bond donors (Lipinski definition) is 3. The first-order valence-corrected chi connectivity index (χ1v) is 7.09. The highest BCUT2D eigenvalue weighted by Crippen LogP contribution is 2.23. The van der Waals surface area contributed by atoms with Gasteiger partial charge in [-0.3, -0.25) is 14.8 Å². The topological polar surface area (TPSA) is 77.8 Å². The molecule has 0 unspecified atom stereocenters. The Morgan fingerprint density at radius 3 is 2.55 bits per heavy atom. The average molecular weight is 295 g/mol. The van der Waals surface area contributed by atoms with E-state index in [1.807, 2.05) is 12.1 Å². The SMILES string of the molecule is Cc1cc2cccc(CNc3cc(=O)[nH]c(=O)[nH]3)c2cc1C. The van der Waals surface area contributed by atoms with Gasteiger partial charge in [0.15, 0.2) is 0 Å². The summed E-state index contributed by atoms with van der Waals surface area (Å²) in [5.41, 5.74) is 2.68. The Morgan fingerprint density at radius 1 is 1.00 bits per heavy atom. The fourth-order valence-electron chi connectivity index (χ4n) is 2.52. The molecule has 1 heterocycles. The zero-order valence-corrected chi connectivity index (χ0v) is 12.5. The molecule has 0 saturated heterocycles. The molecule has 1 aromatic heterocycles. The van der Waals surface area contributed by atoms with Crippen LogP contribution in [0.1, 0.15) is 16.7 Å².